The Morgan fingerprint density at radius 3 is 2.36 bits per heavy atom. The molecule has 7 rings (SSSR count). The minimum Gasteiger partial charge on any atom is -0.453 e. The second-order valence-electron chi connectivity index (χ2n) is 8.62. The van der Waals surface area contributed by atoms with Crippen molar-refractivity contribution in [3.63, 3.8) is 0 Å². The molecule has 3 heteroatoms. The summed E-state index contributed by atoms with van der Waals surface area (Å²) < 4.78 is 8.59. The molecule has 2 heterocycles. The molecule has 158 valence electrons. The van der Waals surface area contributed by atoms with Crippen LogP contribution in [0.2, 0.25) is 0 Å². The lowest BCUT2D eigenvalue weighted by molar-refractivity contribution is 0.424. The number of hydrogen-bond donors (Lipinski definition) is 1. The fraction of sp³-hybridized carbons (Fsp3) is 0.0667. The van der Waals surface area contributed by atoms with Gasteiger partial charge in [-0.25, -0.2) is 0 Å². The van der Waals surface area contributed by atoms with Gasteiger partial charge in [-0.2, -0.15) is 0 Å². The number of anilines is 1. The van der Waals surface area contributed by atoms with Crippen molar-refractivity contribution in [2.75, 3.05) is 5.32 Å². The van der Waals surface area contributed by atoms with Crippen molar-refractivity contribution in [3.05, 3.63) is 115 Å². The van der Waals surface area contributed by atoms with Gasteiger partial charge in [0.2, 0.25) is 0 Å². The highest BCUT2D eigenvalue weighted by molar-refractivity contribution is 6.10. The van der Waals surface area contributed by atoms with Crippen molar-refractivity contribution in [3.8, 4) is 22.6 Å². The van der Waals surface area contributed by atoms with E-state index in [1.54, 1.807) is 0 Å². The number of allylic oxidation sites excluding steroid dienone is 2. The van der Waals surface area contributed by atoms with Crippen molar-refractivity contribution >= 4 is 27.5 Å². The van der Waals surface area contributed by atoms with E-state index in [9.17, 15) is 0 Å². The molecule has 1 aromatic heterocycles. The van der Waals surface area contributed by atoms with Crippen LogP contribution < -0.4 is 10.1 Å². The third-order valence-corrected chi connectivity index (χ3v) is 6.60. The first-order valence-electron chi connectivity index (χ1n) is 11.4. The van der Waals surface area contributed by atoms with Crippen molar-refractivity contribution in [2.24, 2.45) is 0 Å². The summed E-state index contributed by atoms with van der Waals surface area (Å²) in [6.45, 7) is 0. The zero-order chi connectivity index (χ0) is 21.8. The topological polar surface area (TPSA) is 26.2 Å². The summed E-state index contributed by atoms with van der Waals surface area (Å²) in [4.78, 5) is 0. The molecule has 1 N–H and O–H groups in total. The van der Waals surface area contributed by atoms with Gasteiger partial charge in [0.15, 0.2) is 5.75 Å². The molecule has 33 heavy (non-hydrogen) atoms. The highest BCUT2D eigenvalue weighted by Crippen LogP contribution is 2.40. The van der Waals surface area contributed by atoms with Crippen LogP contribution in [0, 0.1) is 0 Å². The molecule has 3 nitrogen and oxygen atoms in total. The van der Waals surface area contributed by atoms with Gasteiger partial charge in [-0.15, -0.1) is 0 Å². The molecular formula is C30H22N2O. The summed E-state index contributed by atoms with van der Waals surface area (Å²) in [6, 6.07) is 32.4. The Kier molecular flexibility index (Phi) is 3.97. The van der Waals surface area contributed by atoms with Crippen LogP contribution in [-0.2, 0) is 0 Å². The Hall–Kier alpha value is -4.24. The van der Waals surface area contributed by atoms with Crippen LogP contribution in [0.25, 0.3) is 38.6 Å². The lowest BCUT2D eigenvalue weighted by Crippen LogP contribution is -2.16. The molecule has 0 radical (unpaired) electrons. The minimum absolute atomic E-state index is 0.879. The smallest absolute Gasteiger partial charge is 0.151 e. The highest BCUT2D eigenvalue weighted by atomic mass is 16.5. The maximum Gasteiger partial charge on any atom is 0.151 e. The largest absolute Gasteiger partial charge is 0.453 e. The van der Waals surface area contributed by atoms with Crippen LogP contribution in [0.1, 0.15) is 12.8 Å². The van der Waals surface area contributed by atoms with Gasteiger partial charge in [-0.1, -0.05) is 54.6 Å². The number of aromatic nitrogens is 1. The zero-order valence-electron chi connectivity index (χ0n) is 18.1. The number of hydrogen-bond acceptors (Lipinski definition) is 2. The maximum atomic E-state index is 6.24. The fourth-order valence-electron chi connectivity index (χ4n) is 5.02. The number of rotatable bonds is 2. The number of ether oxygens (including phenoxy) is 1. The molecule has 5 aromatic rings. The normalized spacial score (nSPS) is 14.7. The minimum atomic E-state index is 0.879. The van der Waals surface area contributed by atoms with Crippen LogP contribution in [0.3, 0.4) is 0 Å². The van der Waals surface area contributed by atoms with E-state index < -0.39 is 0 Å². The summed E-state index contributed by atoms with van der Waals surface area (Å²) in [6.07, 6.45) is 6.46. The van der Waals surface area contributed by atoms with Gasteiger partial charge in [0.25, 0.3) is 0 Å². The Labute approximate surface area is 192 Å². The Bertz CT molecular complexity index is 1610. The van der Waals surface area contributed by atoms with Gasteiger partial charge < -0.3 is 14.6 Å². The number of nitrogens with zero attached hydrogens (tertiary/aromatic N) is 1. The van der Waals surface area contributed by atoms with Crippen LogP contribution in [0.5, 0.6) is 5.75 Å². The van der Waals surface area contributed by atoms with E-state index in [4.69, 9.17) is 4.74 Å². The third kappa shape index (κ3) is 2.90. The van der Waals surface area contributed by atoms with Gasteiger partial charge in [0, 0.05) is 16.5 Å². The molecule has 0 bridgehead atoms. The van der Waals surface area contributed by atoms with Crippen LogP contribution in [0.4, 0.5) is 5.69 Å². The molecule has 0 unspecified atom stereocenters. The van der Waals surface area contributed by atoms with E-state index >= 15 is 0 Å². The van der Waals surface area contributed by atoms with Gasteiger partial charge in [-0.05, 0) is 72.5 Å². The molecule has 0 saturated carbocycles. The summed E-state index contributed by atoms with van der Waals surface area (Å²) in [5, 5.41) is 6.03. The average molecular weight is 427 g/mol. The molecule has 2 aliphatic rings. The third-order valence-electron chi connectivity index (χ3n) is 6.60. The van der Waals surface area contributed by atoms with E-state index in [1.807, 2.05) is 0 Å². The average Bonchev–Trinajstić information content (AvgIpc) is 3.21. The lowest BCUT2D eigenvalue weighted by atomic mass is 10.0. The Morgan fingerprint density at radius 2 is 1.42 bits per heavy atom. The highest BCUT2D eigenvalue weighted by Gasteiger charge is 2.21. The molecule has 0 atom stereocenters. The summed E-state index contributed by atoms with van der Waals surface area (Å²) in [5.74, 6) is 1.82. The van der Waals surface area contributed by atoms with Gasteiger partial charge in [0.1, 0.15) is 5.76 Å². The standard InChI is InChI=1S/C30H22N2O/c1-2-8-22(9-3-1)32-27-12-6-4-10-23(27)24-18-20(15-17-28(24)32)21-14-16-26-30(19-21)33-29-13-7-5-11-25(29)31-26/h1-4,6,8-19,31H,5,7H2. The number of nitrogens with one attached hydrogen (secondary N) is 1. The molecule has 1 aliphatic carbocycles. The first-order chi connectivity index (χ1) is 16.3. The van der Waals surface area contributed by atoms with Crippen molar-refractivity contribution < 1.29 is 4.74 Å². The Morgan fingerprint density at radius 1 is 0.667 bits per heavy atom. The van der Waals surface area contributed by atoms with Crippen LogP contribution in [-0.4, -0.2) is 4.57 Å². The monoisotopic (exact) mass is 426 g/mol. The molecule has 0 fully saturated rings. The lowest BCUT2D eigenvalue weighted by Gasteiger charge is -2.26. The molecule has 1 aliphatic heterocycles. The number of benzene rings is 4. The van der Waals surface area contributed by atoms with E-state index in [0.717, 1.165) is 41.3 Å². The van der Waals surface area contributed by atoms with E-state index in [1.165, 1.54) is 33.1 Å². The molecule has 4 aromatic carbocycles. The van der Waals surface area contributed by atoms with Crippen molar-refractivity contribution in [1.29, 1.82) is 0 Å². The van der Waals surface area contributed by atoms with Gasteiger partial charge >= 0.3 is 0 Å². The quantitative estimate of drug-likeness (QED) is 0.311. The summed E-state index contributed by atoms with van der Waals surface area (Å²) in [7, 11) is 0. The molecule has 0 saturated heterocycles. The molecular weight excluding hydrogens is 404 g/mol. The second-order valence-corrected chi connectivity index (χ2v) is 8.62. The van der Waals surface area contributed by atoms with Gasteiger partial charge in [0.05, 0.1) is 22.4 Å². The SMILES string of the molecule is C1=C2Nc3ccc(-c4ccc5c(c4)c4ccccc4n5-c4ccccc4)cc3OC2=CCC1. The Balaban J connectivity index is 1.38. The second kappa shape index (κ2) is 7.14. The van der Waals surface area contributed by atoms with E-state index in [2.05, 4.69) is 113 Å². The van der Waals surface area contributed by atoms with E-state index in [0.29, 0.717) is 0 Å². The van der Waals surface area contributed by atoms with Crippen molar-refractivity contribution in [1.82, 2.24) is 4.57 Å². The predicted octanol–water partition coefficient (Wildman–Crippen LogP) is 7.82. The van der Waals surface area contributed by atoms with Crippen molar-refractivity contribution in [2.45, 2.75) is 12.8 Å². The first kappa shape index (κ1) is 18.3. The van der Waals surface area contributed by atoms with Crippen LogP contribution >= 0.6 is 0 Å². The summed E-state index contributed by atoms with van der Waals surface area (Å²) in [5.41, 5.74) is 8.04. The number of para-hydroxylation sites is 2. The number of fused-ring (bicyclic) bond motifs is 5. The first-order valence-corrected chi connectivity index (χ1v) is 11.4. The van der Waals surface area contributed by atoms with Gasteiger partial charge in [-0.3, -0.25) is 0 Å². The maximum absolute atomic E-state index is 6.24. The van der Waals surface area contributed by atoms with E-state index in [-0.39, 0.29) is 0 Å². The molecule has 0 amide bonds. The molecule has 0 spiro atoms. The summed E-state index contributed by atoms with van der Waals surface area (Å²) >= 11 is 0. The van der Waals surface area contributed by atoms with Crippen LogP contribution in [0.15, 0.2) is 115 Å². The zero-order valence-corrected chi connectivity index (χ0v) is 18.1. The fourth-order valence-corrected chi connectivity index (χ4v) is 5.02. The predicted molar refractivity (Wildman–Crippen MR) is 136 cm³/mol.